The van der Waals surface area contributed by atoms with Gasteiger partial charge in [0.25, 0.3) is 0 Å². The fourth-order valence-corrected chi connectivity index (χ4v) is 1.09. The molecule has 0 unspecified atom stereocenters. The Bertz CT molecular complexity index is 355. The molecule has 82 valence electrons. The van der Waals surface area contributed by atoms with Crippen LogP contribution in [0.25, 0.3) is 0 Å². The second-order valence-corrected chi connectivity index (χ2v) is 3.10. The van der Waals surface area contributed by atoms with E-state index in [9.17, 15) is 9.18 Å². The number of halogens is 2. The van der Waals surface area contributed by atoms with Crippen molar-refractivity contribution in [2.75, 3.05) is 13.2 Å². The van der Waals surface area contributed by atoms with Gasteiger partial charge in [-0.1, -0.05) is 11.6 Å². The number of carbonyl (C=O) groups excluding carboxylic acids is 1. The van der Waals surface area contributed by atoms with Gasteiger partial charge >= 0.3 is 5.97 Å². The Kier molecular flexibility index (Phi) is 4.37. The largest absolute Gasteiger partial charge is 0.479 e. The predicted octanol–water partition coefficient (Wildman–Crippen LogP) is 2.42. The van der Waals surface area contributed by atoms with Gasteiger partial charge in [0.15, 0.2) is 18.2 Å². The number of hydrogen-bond donors (Lipinski definition) is 0. The fraction of sp³-hybridized carbons (Fsp3) is 0.300. The van der Waals surface area contributed by atoms with E-state index in [2.05, 4.69) is 4.74 Å². The van der Waals surface area contributed by atoms with E-state index in [0.29, 0.717) is 0 Å². The molecule has 0 radical (unpaired) electrons. The van der Waals surface area contributed by atoms with E-state index in [-0.39, 0.29) is 24.0 Å². The van der Waals surface area contributed by atoms with Crippen LogP contribution in [0, 0.1) is 5.82 Å². The maximum Gasteiger partial charge on any atom is 0.344 e. The summed E-state index contributed by atoms with van der Waals surface area (Å²) in [5.41, 5.74) is 0. The summed E-state index contributed by atoms with van der Waals surface area (Å²) in [7, 11) is 0. The molecule has 0 fully saturated rings. The minimum atomic E-state index is -0.605. The molecule has 0 aliphatic carbocycles. The Balaban J connectivity index is 2.54. The summed E-state index contributed by atoms with van der Waals surface area (Å²) < 4.78 is 22.6. The fourth-order valence-electron chi connectivity index (χ4n) is 0.932. The summed E-state index contributed by atoms with van der Waals surface area (Å²) in [4.78, 5) is 10.9. The molecule has 0 aliphatic heterocycles. The smallest absolute Gasteiger partial charge is 0.344 e. The lowest BCUT2D eigenvalue weighted by atomic mass is 10.3. The first kappa shape index (κ1) is 11.8. The van der Waals surface area contributed by atoms with Crippen molar-refractivity contribution < 1.29 is 18.7 Å². The molecule has 0 saturated heterocycles. The van der Waals surface area contributed by atoms with Gasteiger partial charge in [0, 0.05) is 5.02 Å². The van der Waals surface area contributed by atoms with Gasteiger partial charge in [-0.25, -0.2) is 9.18 Å². The summed E-state index contributed by atoms with van der Waals surface area (Å²) in [6.07, 6.45) is 0. The minimum Gasteiger partial charge on any atom is -0.479 e. The van der Waals surface area contributed by atoms with Crippen LogP contribution in [0.5, 0.6) is 5.75 Å². The van der Waals surface area contributed by atoms with Crippen LogP contribution in [-0.2, 0) is 9.53 Å². The van der Waals surface area contributed by atoms with E-state index < -0.39 is 11.8 Å². The Labute approximate surface area is 91.7 Å². The van der Waals surface area contributed by atoms with Gasteiger partial charge in [-0.3, -0.25) is 0 Å². The van der Waals surface area contributed by atoms with Gasteiger partial charge in [0.05, 0.1) is 6.61 Å². The molecule has 0 N–H and O–H groups in total. The summed E-state index contributed by atoms with van der Waals surface area (Å²) in [6, 6.07) is 3.95. The highest BCUT2D eigenvalue weighted by atomic mass is 35.5. The molecular formula is C10H10ClFO3. The second kappa shape index (κ2) is 5.56. The number of carbonyl (C=O) groups is 1. The van der Waals surface area contributed by atoms with Crippen molar-refractivity contribution in [1.29, 1.82) is 0 Å². The van der Waals surface area contributed by atoms with Crippen LogP contribution in [0.1, 0.15) is 6.92 Å². The van der Waals surface area contributed by atoms with Crippen LogP contribution in [-0.4, -0.2) is 19.2 Å². The molecule has 0 aliphatic rings. The number of esters is 1. The van der Waals surface area contributed by atoms with Gasteiger partial charge < -0.3 is 9.47 Å². The number of benzene rings is 1. The minimum absolute atomic E-state index is 0.0209. The van der Waals surface area contributed by atoms with Gasteiger partial charge in [-0.15, -0.1) is 0 Å². The Morgan fingerprint density at radius 2 is 2.27 bits per heavy atom. The van der Waals surface area contributed by atoms with Gasteiger partial charge in [-0.2, -0.15) is 0 Å². The third kappa shape index (κ3) is 3.75. The topological polar surface area (TPSA) is 35.5 Å². The maximum absolute atomic E-state index is 13.1. The predicted molar refractivity (Wildman–Crippen MR) is 53.5 cm³/mol. The standard InChI is InChI=1S/C10H10ClFO3/c1-2-14-10(13)6-15-9-4-3-7(11)5-8(9)12/h3-5H,2,6H2,1H3. The number of rotatable bonds is 4. The van der Waals surface area contributed by atoms with E-state index in [1.54, 1.807) is 6.92 Å². The summed E-state index contributed by atoms with van der Waals surface area (Å²) in [5.74, 6) is -1.16. The van der Waals surface area contributed by atoms with Crippen LogP contribution in [0.15, 0.2) is 18.2 Å². The lowest BCUT2D eigenvalue weighted by molar-refractivity contribution is -0.145. The molecule has 0 heterocycles. The lowest BCUT2D eigenvalue weighted by Crippen LogP contribution is -2.15. The van der Waals surface area contributed by atoms with E-state index >= 15 is 0 Å². The average molecular weight is 233 g/mol. The summed E-state index contributed by atoms with van der Waals surface area (Å²) >= 11 is 5.54. The van der Waals surface area contributed by atoms with Gasteiger partial charge in [0.2, 0.25) is 0 Å². The lowest BCUT2D eigenvalue weighted by Gasteiger charge is -2.06. The summed E-state index contributed by atoms with van der Waals surface area (Å²) in [6.45, 7) is 1.64. The highest BCUT2D eigenvalue weighted by molar-refractivity contribution is 6.30. The molecule has 1 rings (SSSR count). The second-order valence-electron chi connectivity index (χ2n) is 2.67. The van der Waals surface area contributed by atoms with Crippen LogP contribution in [0.3, 0.4) is 0 Å². The Morgan fingerprint density at radius 1 is 1.53 bits per heavy atom. The molecule has 1 aromatic carbocycles. The van der Waals surface area contributed by atoms with Crippen LogP contribution in [0.2, 0.25) is 5.02 Å². The van der Waals surface area contributed by atoms with Crippen molar-refractivity contribution in [3.63, 3.8) is 0 Å². The third-order valence-corrected chi connectivity index (χ3v) is 1.78. The number of hydrogen-bond acceptors (Lipinski definition) is 3. The molecule has 3 nitrogen and oxygen atoms in total. The highest BCUT2D eigenvalue weighted by Gasteiger charge is 2.07. The molecule has 0 aromatic heterocycles. The molecule has 0 atom stereocenters. The molecule has 5 heteroatoms. The van der Waals surface area contributed by atoms with E-state index in [0.717, 1.165) is 6.07 Å². The molecule has 0 amide bonds. The average Bonchev–Trinajstić information content (AvgIpc) is 2.17. The van der Waals surface area contributed by atoms with Crippen molar-refractivity contribution >= 4 is 17.6 Å². The van der Waals surface area contributed by atoms with Crippen LogP contribution < -0.4 is 4.74 Å². The summed E-state index contributed by atoms with van der Waals surface area (Å²) in [5, 5.41) is 0.274. The van der Waals surface area contributed by atoms with Crippen LogP contribution in [0.4, 0.5) is 4.39 Å². The maximum atomic E-state index is 13.1. The Morgan fingerprint density at radius 3 is 2.87 bits per heavy atom. The number of ether oxygens (including phenoxy) is 2. The first-order valence-electron chi connectivity index (χ1n) is 4.37. The molecule has 0 bridgehead atoms. The zero-order valence-electron chi connectivity index (χ0n) is 8.13. The first-order valence-corrected chi connectivity index (χ1v) is 4.74. The van der Waals surface area contributed by atoms with E-state index in [1.165, 1.54) is 12.1 Å². The van der Waals surface area contributed by atoms with Crippen molar-refractivity contribution in [2.24, 2.45) is 0 Å². The van der Waals surface area contributed by atoms with Crippen molar-refractivity contribution in [2.45, 2.75) is 6.92 Å². The highest BCUT2D eigenvalue weighted by Crippen LogP contribution is 2.20. The van der Waals surface area contributed by atoms with Gasteiger partial charge in [0.1, 0.15) is 0 Å². The SMILES string of the molecule is CCOC(=O)COc1ccc(Cl)cc1F. The zero-order chi connectivity index (χ0) is 11.3. The van der Waals surface area contributed by atoms with Crippen molar-refractivity contribution in [3.8, 4) is 5.75 Å². The monoisotopic (exact) mass is 232 g/mol. The quantitative estimate of drug-likeness (QED) is 0.748. The molecule has 15 heavy (non-hydrogen) atoms. The van der Waals surface area contributed by atoms with Gasteiger partial charge in [-0.05, 0) is 25.1 Å². The molecule has 0 spiro atoms. The van der Waals surface area contributed by atoms with E-state index in [4.69, 9.17) is 16.3 Å². The Hall–Kier alpha value is -1.29. The zero-order valence-corrected chi connectivity index (χ0v) is 8.88. The third-order valence-electron chi connectivity index (χ3n) is 1.54. The van der Waals surface area contributed by atoms with Crippen molar-refractivity contribution in [1.82, 2.24) is 0 Å². The van der Waals surface area contributed by atoms with Crippen molar-refractivity contribution in [3.05, 3.63) is 29.0 Å². The molecule has 0 saturated carbocycles. The molecular weight excluding hydrogens is 223 g/mol. The van der Waals surface area contributed by atoms with Crippen LogP contribution >= 0.6 is 11.6 Å². The normalized spacial score (nSPS) is 9.80. The first-order chi connectivity index (χ1) is 7.13. The van der Waals surface area contributed by atoms with E-state index in [1.807, 2.05) is 0 Å². The molecule has 1 aromatic rings.